The fraction of sp³-hybridized carbons (Fsp3) is 0.611. The van der Waals surface area contributed by atoms with E-state index in [2.05, 4.69) is 13.8 Å². The number of ether oxygens (including phenoxy) is 1. The Bertz CT molecular complexity index is 354. The van der Waals surface area contributed by atoms with Crippen LogP contribution >= 0.6 is 0 Å². The molecule has 0 heterocycles. The van der Waals surface area contributed by atoms with Crippen molar-refractivity contribution in [2.45, 2.75) is 60.3 Å². The molecule has 0 aromatic heterocycles. The molecule has 0 unspecified atom stereocenters. The molecule has 0 saturated carbocycles. The molecular formula is C18H30O2. The molecule has 0 N–H and O–H groups in total. The highest BCUT2D eigenvalue weighted by molar-refractivity contribution is 5.79. The molecule has 0 amide bonds. The third-order valence-corrected chi connectivity index (χ3v) is 3.14. The van der Waals surface area contributed by atoms with Gasteiger partial charge in [-0.05, 0) is 44.7 Å². The Labute approximate surface area is 124 Å². The van der Waals surface area contributed by atoms with Gasteiger partial charge in [0.25, 0.3) is 0 Å². The first-order valence-electron chi connectivity index (χ1n) is 7.67. The zero-order valence-electron chi connectivity index (χ0n) is 13.8. The molecule has 114 valence electrons. The van der Waals surface area contributed by atoms with Gasteiger partial charge < -0.3 is 4.74 Å². The molecule has 0 fully saturated rings. The molecule has 20 heavy (non-hydrogen) atoms. The maximum absolute atomic E-state index is 10.6. The summed E-state index contributed by atoms with van der Waals surface area (Å²) >= 11 is 0. The van der Waals surface area contributed by atoms with Gasteiger partial charge in [-0.3, -0.25) is 4.79 Å². The van der Waals surface area contributed by atoms with E-state index in [1.165, 1.54) is 31.2 Å². The third kappa shape index (κ3) is 8.11. The molecule has 0 atom stereocenters. The van der Waals surface area contributed by atoms with Crippen LogP contribution in [0.5, 0.6) is 0 Å². The monoisotopic (exact) mass is 278 g/mol. The van der Waals surface area contributed by atoms with Crippen LogP contribution in [0.3, 0.4) is 0 Å². The fourth-order valence-electron chi connectivity index (χ4n) is 1.97. The summed E-state index contributed by atoms with van der Waals surface area (Å²) in [5, 5.41) is 0. The van der Waals surface area contributed by atoms with Crippen LogP contribution in [-0.2, 0) is 4.74 Å². The lowest BCUT2D eigenvalue weighted by molar-refractivity contribution is 0.112. The number of carbonyl (C=O) groups is 1. The second-order valence-electron chi connectivity index (χ2n) is 5.25. The molecular weight excluding hydrogens is 248 g/mol. The summed E-state index contributed by atoms with van der Waals surface area (Å²) in [6.07, 6.45) is 5.83. The molecule has 1 rings (SSSR count). The Morgan fingerprint density at radius 1 is 0.950 bits per heavy atom. The van der Waals surface area contributed by atoms with E-state index in [0.29, 0.717) is 0 Å². The molecule has 0 saturated heterocycles. The summed E-state index contributed by atoms with van der Waals surface area (Å²) in [4.78, 5) is 10.6. The highest BCUT2D eigenvalue weighted by Gasteiger charge is 2.00. The number of hydrogen-bond acceptors (Lipinski definition) is 2. The molecule has 0 spiro atoms. The number of aldehydes is 1. The number of hydrogen-bond donors (Lipinski definition) is 0. The smallest absolute Gasteiger partial charge is 0.150 e. The van der Waals surface area contributed by atoms with E-state index in [4.69, 9.17) is 4.74 Å². The zero-order chi connectivity index (χ0) is 15.4. The highest BCUT2D eigenvalue weighted by Crippen LogP contribution is 2.13. The summed E-state index contributed by atoms with van der Waals surface area (Å²) in [6, 6.07) is 4.05. The number of benzene rings is 1. The molecule has 0 radical (unpaired) electrons. The van der Waals surface area contributed by atoms with Gasteiger partial charge in [-0.2, -0.15) is 0 Å². The second-order valence-corrected chi connectivity index (χ2v) is 5.25. The van der Waals surface area contributed by atoms with E-state index >= 15 is 0 Å². The van der Waals surface area contributed by atoms with Gasteiger partial charge in [0.05, 0.1) is 0 Å². The van der Waals surface area contributed by atoms with Gasteiger partial charge in [-0.25, -0.2) is 0 Å². The van der Waals surface area contributed by atoms with Crippen LogP contribution in [0.1, 0.15) is 66.6 Å². The molecule has 2 heteroatoms. The minimum atomic E-state index is 0.829. The normalized spacial score (nSPS) is 9.85. The van der Waals surface area contributed by atoms with Crippen molar-refractivity contribution in [2.75, 3.05) is 13.2 Å². The number of rotatable bonds is 7. The van der Waals surface area contributed by atoms with Crippen LogP contribution < -0.4 is 0 Å². The first-order valence-corrected chi connectivity index (χ1v) is 7.67. The zero-order valence-corrected chi connectivity index (χ0v) is 13.8. The van der Waals surface area contributed by atoms with Crippen LogP contribution in [0.25, 0.3) is 0 Å². The second kappa shape index (κ2) is 11.7. The lowest BCUT2D eigenvalue weighted by Crippen LogP contribution is -1.95. The first kappa shape index (κ1) is 18.9. The summed E-state index contributed by atoms with van der Waals surface area (Å²) < 4.78 is 5.31. The lowest BCUT2D eigenvalue weighted by Gasteiger charge is -2.03. The van der Waals surface area contributed by atoms with Gasteiger partial charge in [0, 0.05) is 18.8 Å². The predicted octanol–water partition coefficient (Wildman–Crippen LogP) is 5.03. The van der Waals surface area contributed by atoms with Crippen molar-refractivity contribution in [1.29, 1.82) is 0 Å². The SMILES string of the molecule is CCCCOCCCC.Cc1cc(C)c(C=O)c(C)c1. The number of aryl methyl sites for hydroxylation is 3. The van der Waals surface area contributed by atoms with Crippen molar-refractivity contribution < 1.29 is 9.53 Å². The summed E-state index contributed by atoms with van der Waals surface area (Å²) in [5.74, 6) is 0. The topological polar surface area (TPSA) is 26.3 Å². The van der Waals surface area contributed by atoms with Gasteiger partial charge >= 0.3 is 0 Å². The van der Waals surface area contributed by atoms with Crippen molar-refractivity contribution in [1.82, 2.24) is 0 Å². The van der Waals surface area contributed by atoms with E-state index in [-0.39, 0.29) is 0 Å². The Hall–Kier alpha value is -1.15. The van der Waals surface area contributed by atoms with Crippen LogP contribution in [0.15, 0.2) is 12.1 Å². The van der Waals surface area contributed by atoms with E-state index in [0.717, 1.165) is 36.2 Å². The third-order valence-electron chi connectivity index (χ3n) is 3.14. The minimum Gasteiger partial charge on any atom is -0.381 e. The Morgan fingerprint density at radius 3 is 1.75 bits per heavy atom. The van der Waals surface area contributed by atoms with Crippen molar-refractivity contribution >= 4 is 6.29 Å². The maximum atomic E-state index is 10.6. The van der Waals surface area contributed by atoms with Gasteiger partial charge in [0.1, 0.15) is 0 Å². The van der Waals surface area contributed by atoms with Crippen molar-refractivity contribution in [2.24, 2.45) is 0 Å². The average Bonchev–Trinajstić information content (AvgIpc) is 2.39. The molecule has 0 aliphatic carbocycles. The van der Waals surface area contributed by atoms with Crippen LogP contribution in [0.2, 0.25) is 0 Å². The van der Waals surface area contributed by atoms with Crippen molar-refractivity contribution in [3.05, 3.63) is 34.4 Å². The molecule has 0 aliphatic rings. The van der Waals surface area contributed by atoms with Gasteiger partial charge in [-0.1, -0.05) is 44.4 Å². The minimum absolute atomic E-state index is 0.829. The van der Waals surface area contributed by atoms with Crippen LogP contribution in [0.4, 0.5) is 0 Å². The Morgan fingerprint density at radius 2 is 1.40 bits per heavy atom. The van der Waals surface area contributed by atoms with Crippen molar-refractivity contribution in [3.63, 3.8) is 0 Å². The number of unbranched alkanes of at least 4 members (excludes halogenated alkanes) is 2. The summed E-state index contributed by atoms with van der Waals surface area (Å²) in [6.45, 7) is 12.2. The molecule has 0 aliphatic heterocycles. The van der Waals surface area contributed by atoms with E-state index in [1.54, 1.807) is 0 Å². The van der Waals surface area contributed by atoms with Gasteiger partial charge in [0.2, 0.25) is 0 Å². The highest BCUT2D eigenvalue weighted by atomic mass is 16.5. The summed E-state index contributed by atoms with van der Waals surface area (Å²) in [7, 11) is 0. The Balaban J connectivity index is 0.000000370. The first-order chi connectivity index (χ1) is 9.56. The van der Waals surface area contributed by atoms with E-state index < -0.39 is 0 Å². The molecule has 1 aromatic rings. The van der Waals surface area contributed by atoms with Crippen molar-refractivity contribution in [3.8, 4) is 0 Å². The number of carbonyl (C=O) groups excluding carboxylic acids is 1. The summed E-state index contributed by atoms with van der Waals surface area (Å²) in [5.41, 5.74) is 4.18. The molecule has 1 aromatic carbocycles. The molecule has 0 bridgehead atoms. The Kier molecular flexibility index (Phi) is 11.0. The van der Waals surface area contributed by atoms with Crippen LogP contribution in [-0.4, -0.2) is 19.5 Å². The quantitative estimate of drug-likeness (QED) is 0.516. The van der Waals surface area contributed by atoms with E-state index in [1.807, 2.05) is 32.9 Å². The van der Waals surface area contributed by atoms with Gasteiger partial charge in [-0.15, -0.1) is 0 Å². The van der Waals surface area contributed by atoms with Crippen LogP contribution in [0, 0.1) is 20.8 Å². The average molecular weight is 278 g/mol. The standard InChI is InChI=1S/C10H12O.C8H18O/c1-7-4-8(2)10(6-11)9(3)5-7;1-3-5-7-9-8-6-4-2/h4-6H,1-3H3;3-8H2,1-2H3. The fourth-order valence-corrected chi connectivity index (χ4v) is 1.97. The van der Waals surface area contributed by atoms with Gasteiger partial charge in [0.15, 0.2) is 6.29 Å². The molecule has 2 nitrogen and oxygen atoms in total. The lowest BCUT2D eigenvalue weighted by atomic mass is 10.0. The largest absolute Gasteiger partial charge is 0.381 e. The predicted molar refractivity (Wildman–Crippen MR) is 86.7 cm³/mol. The maximum Gasteiger partial charge on any atom is 0.150 e. The van der Waals surface area contributed by atoms with E-state index in [9.17, 15) is 4.79 Å².